The van der Waals surface area contributed by atoms with Crippen LogP contribution in [0, 0.1) is 5.82 Å². The van der Waals surface area contributed by atoms with E-state index in [1.54, 1.807) is 0 Å². The number of halogens is 1. The van der Waals surface area contributed by atoms with Gasteiger partial charge in [0.15, 0.2) is 11.6 Å². The summed E-state index contributed by atoms with van der Waals surface area (Å²) in [5.41, 5.74) is 5.63. The Hall–Kier alpha value is -1.13. The van der Waals surface area contributed by atoms with Crippen LogP contribution >= 0.6 is 0 Å². The molecule has 0 heterocycles. The van der Waals surface area contributed by atoms with Gasteiger partial charge in [0.1, 0.15) is 0 Å². The van der Waals surface area contributed by atoms with Crippen LogP contribution in [0.1, 0.15) is 18.5 Å². The Kier molecular flexibility index (Phi) is 2.85. The summed E-state index contributed by atoms with van der Waals surface area (Å²) in [6, 6.07) is 3.34. The van der Waals surface area contributed by atoms with Crippen molar-refractivity contribution in [2.24, 2.45) is 5.73 Å². The summed E-state index contributed by atoms with van der Waals surface area (Å²) in [5, 5.41) is 18.1. The van der Waals surface area contributed by atoms with Crippen LogP contribution < -0.4 is 5.73 Å². The Balaban J connectivity index is 3.07. The standard InChI is InChI=1S/C9H12FNO2/c1-5(12)9(11)6-3-2-4-7(13)8(6)10/h2-5,9,12-13H,11H2,1H3/t5-,9-/m0/s1. The van der Waals surface area contributed by atoms with Gasteiger partial charge in [0.05, 0.1) is 12.1 Å². The van der Waals surface area contributed by atoms with Gasteiger partial charge in [-0.3, -0.25) is 0 Å². The molecule has 4 N–H and O–H groups in total. The molecule has 3 nitrogen and oxygen atoms in total. The maximum Gasteiger partial charge on any atom is 0.169 e. The Morgan fingerprint density at radius 2 is 2.08 bits per heavy atom. The minimum Gasteiger partial charge on any atom is -0.505 e. The summed E-state index contributed by atoms with van der Waals surface area (Å²) in [7, 11) is 0. The van der Waals surface area contributed by atoms with E-state index in [2.05, 4.69) is 0 Å². The summed E-state index contributed by atoms with van der Waals surface area (Å²) in [5.74, 6) is -1.22. The van der Waals surface area contributed by atoms with Crippen molar-refractivity contribution in [3.8, 4) is 5.75 Å². The van der Waals surface area contributed by atoms with E-state index in [0.29, 0.717) is 0 Å². The van der Waals surface area contributed by atoms with E-state index in [0.717, 1.165) is 0 Å². The molecule has 13 heavy (non-hydrogen) atoms. The van der Waals surface area contributed by atoms with Gasteiger partial charge in [-0.2, -0.15) is 0 Å². The molecule has 0 saturated heterocycles. The molecule has 0 aliphatic heterocycles. The number of hydrogen-bond acceptors (Lipinski definition) is 3. The first-order valence-electron chi connectivity index (χ1n) is 3.95. The molecule has 72 valence electrons. The molecule has 4 heteroatoms. The predicted octanol–water partition coefficient (Wildman–Crippen LogP) is 0.912. The van der Waals surface area contributed by atoms with Crippen molar-refractivity contribution < 1.29 is 14.6 Å². The molecule has 0 radical (unpaired) electrons. The molecular weight excluding hydrogens is 173 g/mol. The minimum atomic E-state index is -0.851. The molecule has 0 bridgehead atoms. The van der Waals surface area contributed by atoms with Crippen molar-refractivity contribution in [3.63, 3.8) is 0 Å². The smallest absolute Gasteiger partial charge is 0.169 e. The predicted molar refractivity (Wildman–Crippen MR) is 46.7 cm³/mol. The molecule has 0 amide bonds. The fourth-order valence-corrected chi connectivity index (χ4v) is 1.05. The third-order valence-corrected chi connectivity index (χ3v) is 1.89. The van der Waals surface area contributed by atoms with Crippen LogP contribution in [-0.4, -0.2) is 16.3 Å². The SMILES string of the molecule is C[C@H](O)[C@H](N)c1cccc(O)c1F. The van der Waals surface area contributed by atoms with Crippen molar-refractivity contribution in [1.82, 2.24) is 0 Å². The molecular formula is C9H12FNO2. The highest BCUT2D eigenvalue weighted by Gasteiger charge is 2.17. The maximum atomic E-state index is 13.2. The minimum absolute atomic E-state index is 0.120. The van der Waals surface area contributed by atoms with Crippen molar-refractivity contribution in [3.05, 3.63) is 29.6 Å². The maximum absolute atomic E-state index is 13.2. The molecule has 0 aromatic heterocycles. The number of rotatable bonds is 2. The number of aliphatic hydroxyl groups excluding tert-OH is 1. The Bertz CT molecular complexity index is 302. The van der Waals surface area contributed by atoms with Crippen molar-refractivity contribution in [2.75, 3.05) is 0 Å². The number of hydrogen-bond donors (Lipinski definition) is 3. The van der Waals surface area contributed by atoms with E-state index in [9.17, 15) is 4.39 Å². The van der Waals surface area contributed by atoms with Crippen LogP contribution in [0.3, 0.4) is 0 Å². The lowest BCUT2D eigenvalue weighted by Crippen LogP contribution is -2.24. The average Bonchev–Trinajstić information content (AvgIpc) is 2.08. The molecule has 0 aliphatic rings. The number of nitrogens with two attached hydrogens (primary N) is 1. The number of aliphatic hydroxyl groups is 1. The van der Waals surface area contributed by atoms with E-state index < -0.39 is 23.7 Å². The summed E-state index contributed by atoms with van der Waals surface area (Å²) >= 11 is 0. The van der Waals surface area contributed by atoms with E-state index in [-0.39, 0.29) is 5.56 Å². The second-order valence-electron chi connectivity index (χ2n) is 2.95. The van der Waals surface area contributed by atoms with Crippen molar-refractivity contribution in [1.29, 1.82) is 0 Å². The summed E-state index contributed by atoms with van der Waals surface area (Å²) in [6.07, 6.45) is -0.851. The molecule has 1 rings (SSSR count). The monoisotopic (exact) mass is 185 g/mol. The second kappa shape index (κ2) is 3.72. The zero-order valence-electron chi connectivity index (χ0n) is 7.24. The van der Waals surface area contributed by atoms with Gasteiger partial charge in [-0.1, -0.05) is 12.1 Å². The number of phenols is 1. The number of benzene rings is 1. The van der Waals surface area contributed by atoms with Gasteiger partial charge < -0.3 is 15.9 Å². The highest BCUT2D eigenvalue weighted by Crippen LogP contribution is 2.24. The van der Waals surface area contributed by atoms with Gasteiger partial charge in [0.2, 0.25) is 0 Å². The number of phenolic OH excluding ortho intramolecular Hbond substituents is 1. The Labute approximate surface area is 75.6 Å². The van der Waals surface area contributed by atoms with Crippen molar-refractivity contribution >= 4 is 0 Å². The van der Waals surface area contributed by atoms with Crippen LogP contribution in [0.5, 0.6) is 5.75 Å². The highest BCUT2D eigenvalue weighted by molar-refractivity contribution is 5.32. The molecule has 1 aromatic rings. The van der Waals surface area contributed by atoms with E-state index >= 15 is 0 Å². The van der Waals surface area contributed by atoms with Crippen LogP contribution in [0.15, 0.2) is 18.2 Å². The fourth-order valence-electron chi connectivity index (χ4n) is 1.05. The van der Waals surface area contributed by atoms with Gasteiger partial charge in [0.25, 0.3) is 0 Å². The Morgan fingerprint density at radius 3 is 2.62 bits per heavy atom. The van der Waals surface area contributed by atoms with E-state index in [1.807, 2.05) is 0 Å². The van der Waals surface area contributed by atoms with Crippen LogP contribution in [0.4, 0.5) is 4.39 Å². The molecule has 1 aromatic carbocycles. The number of aromatic hydroxyl groups is 1. The van der Waals surface area contributed by atoms with Crippen LogP contribution in [0.25, 0.3) is 0 Å². The average molecular weight is 185 g/mol. The highest BCUT2D eigenvalue weighted by atomic mass is 19.1. The van der Waals surface area contributed by atoms with Gasteiger partial charge in [-0.15, -0.1) is 0 Å². The lowest BCUT2D eigenvalue weighted by atomic mass is 10.0. The zero-order chi connectivity index (χ0) is 10.0. The summed E-state index contributed by atoms with van der Waals surface area (Å²) < 4.78 is 13.2. The van der Waals surface area contributed by atoms with Crippen molar-refractivity contribution in [2.45, 2.75) is 19.1 Å². The lowest BCUT2D eigenvalue weighted by molar-refractivity contribution is 0.162. The van der Waals surface area contributed by atoms with Crippen LogP contribution in [0.2, 0.25) is 0 Å². The molecule has 0 spiro atoms. The van der Waals surface area contributed by atoms with E-state index in [4.69, 9.17) is 15.9 Å². The lowest BCUT2D eigenvalue weighted by Gasteiger charge is -2.15. The van der Waals surface area contributed by atoms with Gasteiger partial charge in [-0.05, 0) is 13.0 Å². The van der Waals surface area contributed by atoms with Gasteiger partial charge in [-0.25, -0.2) is 4.39 Å². The molecule has 0 aliphatic carbocycles. The molecule has 0 saturated carbocycles. The fraction of sp³-hybridized carbons (Fsp3) is 0.333. The third kappa shape index (κ3) is 1.96. The second-order valence-corrected chi connectivity index (χ2v) is 2.95. The molecule has 0 unspecified atom stereocenters. The molecule has 2 atom stereocenters. The molecule has 0 fully saturated rings. The van der Waals surface area contributed by atoms with Gasteiger partial charge >= 0.3 is 0 Å². The zero-order valence-corrected chi connectivity index (χ0v) is 7.24. The first-order chi connectivity index (χ1) is 6.04. The first-order valence-corrected chi connectivity index (χ1v) is 3.95. The Morgan fingerprint density at radius 1 is 1.46 bits per heavy atom. The quantitative estimate of drug-likeness (QED) is 0.641. The largest absolute Gasteiger partial charge is 0.505 e. The topological polar surface area (TPSA) is 66.5 Å². The normalized spacial score (nSPS) is 15.4. The third-order valence-electron chi connectivity index (χ3n) is 1.89. The van der Waals surface area contributed by atoms with Crippen LogP contribution in [-0.2, 0) is 0 Å². The van der Waals surface area contributed by atoms with E-state index in [1.165, 1.54) is 25.1 Å². The summed E-state index contributed by atoms with van der Waals surface area (Å²) in [4.78, 5) is 0. The summed E-state index contributed by atoms with van der Waals surface area (Å²) in [6.45, 7) is 1.47. The first kappa shape index (κ1) is 9.95. The van der Waals surface area contributed by atoms with Gasteiger partial charge in [0, 0.05) is 5.56 Å².